The molecule has 0 bridgehead atoms. The molecule has 0 spiro atoms. The molecule has 3 heterocycles. The zero-order valence-corrected chi connectivity index (χ0v) is 14.9. The fraction of sp³-hybridized carbons (Fsp3) is 0.150. The Balaban J connectivity index is 1.79. The Morgan fingerprint density at radius 2 is 2.07 bits per heavy atom. The van der Waals surface area contributed by atoms with Crippen LogP contribution in [-0.4, -0.2) is 20.7 Å². The first-order valence-corrected chi connectivity index (χ1v) is 8.46. The highest BCUT2D eigenvalue weighted by atomic mass is 19.1. The Kier molecular flexibility index (Phi) is 4.19. The van der Waals surface area contributed by atoms with Crippen LogP contribution in [0.5, 0.6) is 0 Å². The number of carbonyl (C=O) groups excluding carboxylic acids is 1. The van der Waals surface area contributed by atoms with Crippen molar-refractivity contribution in [3.05, 3.63) is 77.3 Å². The Hall–Kier alpha value is -3.48. The molecule has 4 aromatic rings. The molecule has 1 amide bonds. The first kappa shape index (κ1) is 17.0. The number of benzene rings is 1. The van der Waals surface area contributed by atoms with E-state index in [-0.39, 0.29) is 18.3 Å². The second kappa shape index (κ2) is 6.68. The Morgan fingerprint density at radius 3 is 2.81 bits per heavy atom. The second-order valence-corrected chi connectivity index (χ2v) is 6.25. The van der Waals surface area contributed by atoms with Crippen LogP contribution < -0.4 is 5.32 Å². The maximum atomic E-state index is 13.6. The van der Waals surface area contributed by atoms with Gasteiger partial charge in [-0.2, -0.15) is 5.10 Å². The number of carbonyl (C=O) groups is 1. The van der Waals surface area contributed by atoms with Gasteiger partial charge in [0, 0.05) is 5.69 Å². The number of halogens is 1. The molecule has 6 nitrogen and oxygen atoms in total. The van der Waals surface area contributed by atoms with Gasteiger partial charge in [0.1, 0.15) is 11.6 Å². The molecular weight excluding hydrogens is 347 g/mol. The molecule has 4 rings (SSSR count). The molecule has 0 radical (unpaired) electrons. The van der Waals surface area contributed by atoms with Gasteiger partial charge < -0.3 is 9.73 Å². The molecule has 3 aromatic heterocycles. The number of furan rings is 1. The molecule has 0 aliphatic heterocycles. The van der Waals surface area contributed by atoms with Crippen molar-refractivity contribution in [2.45, 2.75) is 20.4 Å². The van der Waals surface area contributed by atoms with Crippen LogP contribution in [0.3, 0.4) is 0 Å². The van der Waals surface area contributed by atoms with Gasteiger partial charge in [-0.05, 0) is 50.2 Å². The fourth-order valence-corrected chi connectivity index (χ4v) is 3.06. The summed E-state index contributed by atoms with van der Waals surface area (Å²) in [5.41, 5.74) is 2.85. The minimum absolute atomic E-state index is 0.246. The molecule has 0 aliphatic rings. The van der Waals surface area contributed by atoms with Crippen molar-refractivity contribution in [3.8, 4) is 5.69 Å². The van der Waals surface area contributed by atoms with E-state index in [4.69, 9.17) is 4.42 Å². The van der Waals surface area contributed by atoms with E-state index in [9.17, 15) is 9.18 Å². The van der Waals surface area contributed by atoms with Crippen LogP contribution >= 0.6 is 0 Å². The largest absolute Gasteiger partial charge is 0.467 e. The fourth-order valence-electron chi connectivity index (χ4n) is 3.06. The number of aromatic nitrogens is 3. The SMILES string of the molecule is Cc1cc(C(=O)NCc2ccco2)c2c(C)nn(-c3cccc(F)c3)c2n1. The summed E-state index contributed by atoms with van der Waals surface area (Å²) in [7, 11) is 0. The van der Waals surface area contributed by atoms with Gasteiger partial charge in [0.05, 0.1) is 35.1 Å². The molecule has 0 atom stereocenters. The van der Waals surface area contributed by atoms with Crippen molar-refractivity contribution >= 4 is 16.9 Å². The minimum atomic E-state index is -0.363. The lowest BCUT2D eigenvalue weighted by atomic mass is 10.1. The van der Waals surface area contributed by atoms with Crippen molar-refractivity contribution in [3.63, 3.8) is 0 Å². The molecule has 1 aromatic carbocycles. The van der Waals surface area contributed by atoms with Crippen LogP contribution in [0, 0.1) is 19.7 Å². The Labute approximate surface area is 154 Å². The van der Waals surface area contributed by atoms with E-state index in [0.717, 1.165) is 0 Å². The standard InChI is InChI=1S/C20H17FN4O2/c1-12-9-17(20(26)22-11-16-7-4-8-27-16)18-13(2)24-25(19(18)23-12)15-6-3-5-14(21)10-15/h3-10H,11H2,1-2H3,(H,22,26). The van der Waals surface area contributed by atoms with Gasteiger partial charge in [0.25, 0.3) is 5.91 Å². The van der Waals surface area contributed by atoms with E-state index in [1.807, 2.05) is 0 Å². The van der Waals surface area contributed by atoms with E-state index in [0.29, 0.717) is 39.4 Å². The summed E-state index contributed by atoms with van der Waals surface area (Å²) < 4.78 is 20.5. The second-order valence-electron chi connectivity index (χ2n) is 6.25. The van der Waals surface area contributed by atoms with Crippen LogP contribution in [0.15, 0.2) is 53.1 Å². The van der Waals surface area contributed by atoms with E-state index in [1.54, 1.807) is 55.1 Å². The summed E-state index contributed by atoms with van der Waals surface area (Å²) >= 11 is 0. The number of amides is 1. The summed E-state index contributed by atoms with van der Waals surface area (Å²) in [6.07, 6.45) is 1.56. The summed E-state index contributed by atoms with van der Waals surface area (Å²) in [6.45, 7) is 3.89. The van der Waals surface area contributed by atoms with E-state index in [1.165, 1.54) is 12.1 Å². The zero-order chi connectivity index (χ0) is 19.0. The summed E-state index contributed by atoms with van der Waals surface area (Å²) in [5.74, 6) is 0.0548. The number of nitrogens with zero attached hydrogens (tertiary/aromatic N) is 3. The number of hydrogen-bond donors (Lipinski definition) is 1. The summed E-state index contributed by atoms with van der Waals surface area (Å²) in [5, 5.41) is 7.97. The molecule has 0 saturated carbocycles. The summed E-state index contributed by atoms with van der Waals surface area (Å²) in [6, 6.07) is 11.4. The lowest BCUT2D eigenvalue weighted by Crippen LogP contribution is -2.23. The number of aryl methyl sites for hydroxylation is 2. The number of hydrogen-bond acceptors (Lipinski definition) is 4. The normalized spacial score (nSPS) is 11.1. The van der Waals surface area contributed by atoms with Gasteiger partial charge in [-0.25, -0.2) is 14.1 Å². The van der Waals surface area contributed by atoms with Gasteiger partial charge in [0.2, 0.25) is 0 Å². The molecule has 0 aliphatic carbocycles. The van der Waals surface area contributed by atoms with Gasteiger partial charge in [-0.15, -0.1) is 0 Å². The van der Waals surface area contributed by atoms with Gasteiger partial charge >= 0.3 is 0 Å². The molecule has 7 heteroatoms. The van der Waals surface area contributed by atoms with Crippen LogP contribution in [0.4, 0.5) is 4.39 Å². The highest BCUT2D eigenvalue weighted by molar-refractivity contribution is 6.06. The maximum absolute atomic E-state index is 13.6. The van der Waals surface area contributed by atoms with Crippen molar-refractivity contribution in [2.75, 3.05) is 0 Å². The van der Waals surface area contributed by atoms with Crippen molar-refractivity contribution < 1.29 is 13.6 Å². The van der Waals surface area contributed by atoms with Crippen LogP contribution in [-0.2, 0) is 6.54 Å². The third-order valence-corrected chi connectivity index (χ3v) is 4.24. The highest BCUT2D eigenvalue weighted by Crippen LogP contribution is 2.25. The first-order valence-electron chi connectivity index (χ1n) is 8.46. The highest BCUT2D eigenvalue weighted by Gasteiger charge is 2.19. The average molecular weight is 364 g/mol. The molecule has 1 N–H and O–H groups in total. The molecule has 0 unspecified atom stereocenters. The van der Waals surface area contributed by atoms with Crippen LogP contribution in [0.25, 0.3) is 16.7 Å². The van der Waals surface area contributed by atoms with Crippen molar-refractivity contribution in [1.82, 2.24) is 20.1 Å². The number of rotatable bonds is 4. The Morgan fingerprint density at radius 1 is 1.22 bits per heavy atom. The zero-order valence-electron chi connectivity index (χ0n) is 14.9. The average Bonchev–Trinajstić information content (AvgIpc) is 3.27. The lowest BCUT2D eigenvalue weighted by Gasteiger charge is -2.08. The molecule has 27 heavy (non-hydrogen) atoms. The van der Waals surface area contributed by atoms with Crippen molar-refractivity contribution in [2.24, 2.45) is 0 Å². The predicted molar refractivity (Wildman–Crippen MR) is 98.2 cm³/mol. The summed E-state index contributed by atoms with van der Waals surface area (Å²) in [4.78, 5) is 17.3. The first-order chi connectivity index (χ1) is 13.0. The number of fused-ring (bicyclic) bond motifs is 1. The Bertz CT molecular complexity index is 1130. The topological polar surface area (TPSA) is 73.0 Å². The minimum Gasteiger partial charge on any atom is -0.467 e. The number of pyridine rings is 1. The van der Waals surface area contributed by atoms with E-state index >= 15 is 0 Å². The molecule has 0 saturated heterocycles. The monoisotopic (exact) mass is 364 g/mol. The van der Waals surface area contributed by atoms with Gasteiger partial charge in [-0.1, -0.05) is 6.07 Å². The molecule has 136 valence electrons. The molecule has 0 fully saturated rings. The van der Waals surface area contributed by atoms with Crippen LogP contribution in [0.1, 0.15) is 27.5 Å². The van der Waals surface area contributed by atoms with Gasteiger partial charge in [-0.3, -0.25) is 4.79 Å². The van der Waals surface area contributed by atoms with E-state index in [2.05, 4.69) is 15.4 Å². The van der Waals surface area contributed by atoms with Gasteiger partial charge in [0.15, 0.2) is 5.65 Å². The van der Waals surface area contributed by atoms with Crippen LogP contribution in [0.2, 0.25) is 0 Å². The van der Waals surface area contributed by atoms with E-state index < -0.39 is 0 Å². The predicted octanol–water partition coefficient (Wildman–Crippen LogP) is 3.70. The molecular formula is C20H17FN4O2. The lowest BCUT2D eigenvalue weighted by molar-refractivity contribution is 0.0949. The third kappa shape index (κ3) is 3.19. The van der Waals surface area contributed by atoms with Crippen molar-refractivity contribution in [1.29, 1.82) is 0 Å². The quantitative estimate of drug-likeness (QED) is 0.599. The smallest absolute Gasteiger partial charge is 0.252 e. The number of nitrogens with one attached hydrogen (secondary N) is 1. The third-order valence-electron chi connectivity index (χ3n) is 4.24. The maximum Gasteiger partial charge on any atom is 0.252 e.